The lowest BCUT2D eigenvalue weighted by atomic mass is 9.97. The first-order chi connectivity index (χ1) is 12.0. The Hall–Kier alpha value is -2.31. The van der Waals surface area contributed by atoms with Crippen molar-refractivity contribution >= 4 is 17.8 Å². The molecule has 0 saturated carbocycles. The molecule has 7 nitrogen and oxygen atoms in total. The fourth-order valence-corrected chi connectivity index (χ4v) is 2.89. The predicted molar refractivity (Wildman–Crippen MR) is 90.8 cm³/mol. The fraction of sp³-hybridized carbons (Fsp3) is 0.611. The van der Waals surface area contributed by atoms with Crippen molar-refractivity contribution in [3.63, 3.8) is 0 Å². The van der Waals surface area contributed by atoms with E-state index in [2.05, 4.69) is 5.32 Å². The van der Waals surface area contributed by atoms with Crippen LogP contribution in [0.1, 0.15) is 50.1 Å². The monoisotopic (exact) mass is 350 g/mol. The van der Waals surface area contributed by atoms with Gasteiger partial charge in [0.25, 0.3) is 11.8 Å². The standard InChI is InChI=1S/C18H26N2O5/c1-3-14(4-2)19-16(21)12-25-18(23)13-7-9-20(10-8-13)17(22)15-6-5-11-24-15/h5-6,11,13-14H,3-4,7-10,12H2,1-2H3,(H,19,21). The molecule has 25 heavy (non-hydrogen) atoms. The van der Waals surface area contributed by atoms with Gasteiger partial charge in [0.15, 0.2) is 12.4 Å². The van der Waals surface area contributed by atoms with Gasteiger partial charge in [-0.3, -0.25) is 14.4 Å². The Balaban J connectivity index is 1.72. The maximum atomic E-state index is 12.2. The van der Waals surface area contributed by atoms with E-state index in [1.165, 1.54) is 6.26 Å². The second-order valence-electron chi connectivity index (χ2n) is 6.23. The number of carbonyl (C=O) groups is 3. The van der Waals surface area contributed by atoms with Crippen molar-refractivity contribution in [3.05, 3.63) is 24.2 Å². The van der Waals surface area contributed by atoms with Crippen LogP contribution >= 0.6 is 0 Å². The van der Waals surface area contributed by atoms with Crippen LogP contribution in [0.5, 0.6) is 0 Å². The van der Waals surface area contributed by atoms with Crippen LogP contribution in [-0.4, -0.2) is 48.4 Å². The summed E-state index contributed by atoms with van der Waals surface area (Å²) in [5.74, 6) is -0.778. The molecule has 1 aliphatic heterocycles. The Morgan fingerprint density at radius 3 is 2.52 bits per heavy atom. The van der Waals surface area contributed by atoms with Gasteiger partial charge in [0.1, 0.15) is 0 Å². The summed E-state index contributed by atoms with van der Waals surface area (Å²) in [4.78, 5) is 37.7. The van der Waals surface area contributed by atoms with Crippen LogP contribution in [-0.2, 0) is 14.3 Å². The first-order valence-electron chi connectivity index (χ1n) is 8.83. The molecular formula is C18H26N2O5. The maximum absolute atomic E-state index is 12.2. The van der Waals surface area contributed by atoms with Gasteiger partial charge >= 0.3 is 5.97 Å². The molecular weight excluding hydrogens is 324 g/mol. The lowest BCUT2D eigenvalue weighted by molar-refractivity contribution is -0.154. The number of hydrogen-bond acceptors (Lipinski definition) is 5. The lowest BCUT2D eigenvalue weighted by Gasteiger charge is -2.30. The van der Waals surface area contributed by atoms with E-state index in [9.17, 15) is 14.4 Å². The molecule has 0 unspecified atom stereocenters. The summed E-state index contributed by atoms with van der Waals surface area (Å²) in [5, 5.41) is 2.83. The van der Waals surface area contributed by atoms with Crippen molar-refractivity contribution in [2.24, 2.45) is 5.92 Å². The van der Waals surface area contributed by atoms with Crippen molar-refractivity contribution in [1.29, 1.82) is 0 Å². The molecule has 1 saturated heterocycles. The average molecular weight is 350 g/mol. The molecule has 0 aromatic carbocycles. The van der Waals surface area contributed by atoms with E-state index < -0.39 is 0 Å². The molecule has 1 N–H and O–H groups in total. The SMILES string of the molecule is CCC(CC)NC(=O)COC(=O)C1CCN(C(=O)c2ccco2)CC1. The minimum atomic E-state index is -0.371. The second-order valence-corrected chi connectivity index (χ2v) is 6.23. The number of ether oxygens (including phenoxy) is 1. The average Bonchev–Trinajstić information content (AvgIpc) is 3.18. The summed E-state index contributed by atoms with van der Waals surface area (Å²) in [6.07, 6.45) is 4.21. The van der Waals surface area contributed by atoms with Crippen LogP contribution < -0.4 is 5.32 Å². The van der Waals surface area contributed by atoms with Crippen molar-refractivity contribution in [2.75, 3.05) is 19.7 Å². The van der Waals surface area contributed by atoms with Gasteiger partial charge < -0.3 is 19.4 Å². The highest BCUT2D eigenvalue weighted by Crippen LogP contribution is 2.20. The molecule has 1 aromatic heterocycles. The normalized spacial score (nSPS) is 15.2. The predicted octanol–water partition coefficient (Wildman–Crippen LogP) is 1.98. The van der Waals surface area contributed by atoms with E-state index >= 15 is 0 Å². The number of amides is 2. The van der Waals surface area contributed by atoms with Crippen LogP contribution in [0.25, 0.3) is 0 Å². The van der Waals surface area contributed by atoms with Crippen LogP contribution in [0, 0.1) is 5.92 Å². The Labute approximate surface area is 147 Å². The van der Waals surface area contributed by atoms with Crippen LogP contribution in [0.3, 0.4) is 0 Å². The summed E-state index contributed by atoms with van der Waals surface area (Å²) in [7, 11) is 0. The first kappa shape index (κ1) is 19.0. The quantitative estimate of drug-likeness (QED) is 0.760. The van der Waals surface area contributed by atoms with E-state index in [0.717, 1.165) is 12.8 Å². The van der Waals surface area contributed by atoms with Crippen LogP contribution in [0.2, 0.25) is 0 Å². The van der Waals surface area contributed by atoms with Gasteiger partial charge in [0.05, 0.1) is 12.2 Å². The van der Waals surface area contributed by atoms with Crippen molar-refractivity contribution < 1.29 is 23.5 Å². The van der Waals surface area contributed by atoms with Crippen molar-refractivity contribution in [2.45, 2.75) is 45.6 Å². The zero-order chi connectivity index (χ0) is 18.2. The van der Waals surface area contributed by atoms with Gasteiger partial charge in [-0.25, -0.2) is 0 Å². The molecule has 7 heteroatoms. The number of carbonyl (C=O) groups excluding carboxylic acids is 3. The number of hydrogen-bond donors (Lipinski definition) is 1. The summed E-state index contributed by atoms with van der Waals surface area (Å²) < 4.78 is 10.2. The van der Waals surface area contributed by atoms with E-state index in [-0.39, 0.29) is 36.4 Å². The molecule has 1 aliphatic rings. The smallest absolute Gasteiger partial charge is 0.309 e. The Morgan fingerprint density at radius 2 is 1.96 bits per heavy atom. The number of furan rings is 1. The number of rotatable bonds is 7. The largest absolute Gasteiger partial charge is 0.459 e. The molecule has 2 heterocycles. The molecule has 2 amide bonds. The third-order valence-electron chi connectivity index (χ3n) is 4.54. The van der Waals surface area contributed by atoms with Crippen molar-refractivity contribution in [3.8, 4) is 0 Å². The van der Waals surface area contributed by atoms with Crippen molar-refractivity contribution in [1.82, 2.24) is 10.2 Å². The molecule has 0 aliphatic carbocycles. The second kappa shape index (κ2) is 9.25. The highest BCUT2D eigenvalue weighted by atomic mass is 16.5. The van der Waals surface area contributed by atoms with Gasteiger partial charge in [0, 0.05) is 19.1 Å². The Morgan fingerprint density at radius 1 is 1.28 bits per heavy atom. The molecule has 138 valence electrons. The maximum Gasteiger partial charge on any atom is 0.309 e. The van der Waals surface area contributed by atoms with E-state index in [0.29, 0.717) is 31.7 Å². The fourth-order valence-electron chi connectivity index (χ4n) is 2.89. The number of esters is 1. The number of nitrogens with zero attached hydrogens (tertiary/aromatic N) is 1. The summed E-state index contributed by atoms with van der Waals surface area (Å²) in [6, 6.07) is 3.41. The molecule has 1 aromatic rings. The van der Waals surface area contributed by atoms with Crippen LogP contribution in [0.15, 0.2) is 22.8 Å². The third-order valence-corrected chi connectivity index (χ3v) is 4.54. The summed E-state index contributed by atoms with van der Waals surface area (Å²) in [6.45, 7) is 4.69. The van der Waals surface area contributed by atoms with Gasteiger partial charge in [-0.1, -0.05) is 13.8 Å². The molecule has 0 spiro atoms. The molecule has 1 fully saturated rings. The molecule has 0 radical (unpaired) electrons. The Kier molecular flexibility index (Phi) is 7.03. The number of nitrogens with one attached hydrogen (secondary N) is 1. The summed E-state index contributed by atoms with van der Waals surface area (Å²) in [5.41, 5.74) is 0. The zero-order valence-corrected chi connectivity index (χ0v) is 14.8. The lowest BCUT2D eigenvalue weighted by Crippen LogP contribution is -2.41. The Bertz CT molecular complexity index is 572. The minimum Gasteiger partial charge on any atom is -0.459 e. The van der Waals surface area contributed by atoms with Gasteiger partial charge in [-0.2, -0.15) is 0 Å². The van der Waals surface area contributed by atoms with Gasteiger partial charge in [-0.15, -0.1) is 0 Å². The third kappa shape index (κ3) is 5.34. The van der Waals surface area contributed by atoms with Gasteiger partial charge in [0.2, 0.25) is 0 Å². The zero-order valence-electron chi connectivity index (χ0n) is 14.8. The van der Waals surface area contributed by atoms with E-state index in [1.54, 1.807) is 17.0 Å². The first-order valence-corrected chi connectivity index (χ1v) is 8.83. The number of piperidine rings is 1. The highest BCUT2D eigenvalue weighted by molar-refractivity contribution is 5.91. The molecule has 0 atom stereocenters. The van der Waals surface area contributed by atoms with Crippen LogP contribution in [0.4, 0.5) is 0 Å². The molecule has 2 rings (SSSR count). The van der Waals surface area contributed by atoms with E-state index in [4.69, 9.17) is 9.15 Å². The number of likely N-dealkylation sites (tertiary alicyclic amines) is 1. The topological polar surface area (TPSA) is 88.9 Å². The van der Waals surface area contributed by atoms with E-state index in [1.807, 2.05) is 13.8 Å². The minimum absolute atomic E-state index is 0.113. The highest BCUT2D eigenvalue weighted by Gasteiger charge is 2.30. The molecule has 0 bridgehead atoms. The summed E-state index contributed by atoms with van der Waals surface area (Å²) >= 11 is 0. The van der Waals surface area contributed by atoms with Gasteiger partial charge in [-0.05, 0) is 37.8 Å².